The molecule has 2 rings (SSSR count). The molecule has 1 aliphatic heterocycles. The molecule has 1 heterocycles. The lowest BCUT2D eigenvalue weighted by molar-refractivity contribution is 0.0600. The highest BCUT2D eigenvalue weighted by Crippen LogP contribution is 2.25. The Morgan fingerprint density at radius 2 is 2.33 bits per heavy atom. The number of unbranched alkanes of at least 4 members (excludes halogenated alkanes) is 1. The van der Waals surface area contributed by atoms with Gasteiger partial charge in [0.25, 0.3) is 0 Å². The first-order chi connectivity index (χ1) is 10.1. The molecule has 0 aliphatic carbocycles. The van der Waals surface area contributed by atoms with Gasteiger partial charge in [-0.2, -0.15) is 0 Å². The second-order valence-electron chi connectivity index (χ2n) is 5.19. The molecular formula is C16H22N2O2S. The second kappa shape index (κ2) is 7.50. The molecule has 0 bridgehead atoms. The van der Waals surface area contributed by atoms with Crippen LogP contribution in [0.4, 0.5) is 5.69 Å². The van der Waals surface area contributed by atoms with E-state index in [4.69, 9.17) is 9.73 Å². The van der Waals surface area contributed by atoms with Gasteiger partial charge in [-0.1, -0.05) is 31.5 Å². The average Bonchev–Trinajstić information content (AvgIpc) is 2.94. The molecule has 0 saturated heterocycles. The van der Waals surface area contributed by atoms with Crippen LogP contribution in [0.3, 0.4) is 0 Å². The molecule has 4 nitrogen and oxygen atoms in total. The highest BCUT2D eigenvalue weighted by Gasteiger charge is 2.18. The van der Waals surface area contributed by atoms with Crippen molar-refractivity contribution in [3.8, 4) is 0 Å². The molecule has 0 aromatic heterocycles. The van der Waals surface area contributed by atoms with Crippen molar-refractivity contribution < 1.29 is 9.53 Å². The van der Waals surface area contributed by atoms with E-state index in [-0.39, 0.29) is 5.97 Å². The molecule has 1 atom stereocenters. The number of carbonyl (C=O) groups excluding carboxylic acids is 1. The quantitative estimate of drug-likeness (QED) is 0.839. The molecule has 0 fully saturated rings. The molecule has 0 saturated carbocycles. The van der Waals surface area contributed by atoms with Crippen LogP contribution in [-0.2, 0) is 4.74 Å². The third-order valence-corrected chi connectivity index (χ3v) is 4.52. The number of anilines is 1. The van der Waals surface area contributed by atoms with Crippen LogP contribution in [0, 0.1) is 6.92 Å². The first kappa shape index (κ1) is 15.9. The summed E-state index contributed by atoms with van der Waals surface area (Å²) in [6.45, 7) is 4.18. The van der Waals surface area contributed by atoms with Gasteiger partial charge >= 0.3 is 5.97 Å². The molecule has 1 N–H and O–H groups in total. The van der Waals surface area contributed by atoms with Gasteiger partial charge in [-0.3, -0.25) is 4.99 Å². The molecule has 1 aromatic carbocycles. The fourth-order valence-electron chi connectivity index (χ4n) is 2.24. The van der Waals surface area contributed by atoms with Crippen LogP contribution < -0.4 is 5.32 Å². The Hall–Kier alpha value is -1.49. The molecule has 21 heavy (non-hydrogen) atoms. The van der Waals surface area contributed by atoms with Crippen LogP contribution in [0.5, 0.6) is 0 Å². The van der Waals surface area contributed by atoms with E-state index in [0.29, 0.717) is 11.6 Å². The van der Waals surface area contributed by atoms with Crippen LogP contribution in [0.1, 0.15) is 42.1 Å². The van der Waals surface area contributed by atoms with Crippen molar-refractivity contribution in [3.05, 3.63) is 29.3 Å². The lowest BCUT2D eigenvalue weighted by Gasteiger charge is -2.09. The van der Waals surface area contributed by atoms with Crippen molar-refractivity contribution >= 4 is 28.6 Å². The largest absolute Gasteiger partial charge is 0.465 e. The van der Waals surface area contributed by atoms with Gasteiger partial charge in [0.2, 0.25) is 0 Å². The SMILES string of the molecule is CCCCC1CSC(Nc2ccc(C(=O)OC)cc2C)=N1. The predicted octanol–water partition coefficient (Wildman–Crippen LogP) is 3.86. The van der Waals surface area contributed by atoms with Gasteiger partial charge < -0.3 is 10.1 Å². The topological polar surface area (TPSA) is 50.7 Å². The van der Waals surface area contributed by atoms with E-state index in [9.17, 15) is 4.79 Å². The number of carbonyl (C=O) groups is 1. The van der Waals surface area contributed by atoms with Gasteiger partial charge in [-0.05, 0) is 37.1 Å². The third kappa shape index (κ3) is 4.24. The summed E-state index contributed by atoms with van der Waals surface area (Å²) in [6, 6.07) is 5.95. The standard InChI is InChI=1S/C16H22N2O2S/c1-4-5-6-13-10-21-16(17-13)18-14-8-7-12(9-11(14)2)15(19)20-3/h7-9,13H,4-6,10H2,1-3H3,(H,17,18). The van der Waals surface area contributed by atoms with Gasteiger partial charge in [0.1, 0.15) is 0 Å². The number of ether oxygens (including phenoxy) is 1. The molecule has 5 heteroatoms. The molecule has 1 aromatic rings. The molecule has 114 valence electrons. The molecule has 0 amide bonds. The number of amidine groups is 1. The summed E-state index contributed by atoms with van der Waals surface area (Å²) in [7, 11) is 1.39. The molecular weight excluding hydrogens is 284 g/mol. The number of aryl methyl sites for hydroxylation is 1. The molecule has 0 radical (unpaired) electrons. The number of benzene rings is 1. The van der Waals surface area contributed by atoms with Gasteiger partial charge in [-0.15, -0.1) is 0 Å². The maximum atomic E-state index is 11.5. The van der Waals surface area contributed by atoms with E-state index in [1.807, 2.05) is 19.1 Å². The zero-order valence-corrected chi connectivity index (χ0v) is 13.6. The number of aliphatic imine (C=N–C) groups is 1. The Balaban J connectivity index is 2.02. The van der Waals surface area contributed by atoms with Crippen molar-refractivity contribution in [2.45, 2.75) is 39.2 Å². The fourth-order valence-corrected chi connectivity index (χ4v) is 3.23. The molecule has 0 spiro atoms. The van der Waals surface area contributed by atoms with Crippen LogP contribution >= 0.6 is 11.8 Å². The summed E-state index contributed by atoms with van der Waals surface area (Å²) < 4.78 is 4.73. The van der Waals surface area contributed by atoms with Crippen molar-refractivity contribution in [2.24, 2.45) is 4.99 Å². The normalized spacial score (nSPS) is 17.5. The van der Waals surface area contributed by atoms with E-state index >= 15 is 0 Å². The van der Waals surface area contributed by atoms with Crippen molar-refractivity contribution in [1.29, 1.82) is 0 Å². The zero-order valence-electron chi connectivity index (χ0n) is 12.8. The number of nitrogens with one attached hydrogen (secondary N) is 1. The highest BCUT2D eigenvalue weighted by atomic mass is 32.2. The fraction of sp³-hybridized carbons (Fsp3) is 0.500. The number of hydrogen-bond acceptors (Lipinski definition) is 5. The summed E-state index contributed by atoms with van der Waals surface area (Å²) in [4.78, 5) is 16.2. The van der Waals surface area contributed by atoms with Gasteiger partial charge in [0, 0.05) is 11.4 Å². The van der Waals surface area contributed by atoms with Crippen molar-refractivity contribution in [3.63, 3.8) is 0 Å². The minimum atomic E-state index is -0.308. The minimum Gasteiger partial charge on any atom is -0.465 e. The maximum absolute atomic E-state index is 11.5. The maximum Gasteiger partial charge on any atom is 0.337 e. The highest BCUT2D eigenvalue weighted by molar-refractivity contribution is 8.14. The summed E-state index contributed by atoms with van der Waals surface area (Å²) in [6.07, 6.45) is 3.61. The lowest BCUT2D eigenvalue weighted by atomic mass is 10.1. The van der Waals surface area contributed by atoms with Crippen LogP contribution in [0.15, 0.2) is 23.2 Å². The van der Waals surface area contributed by atoms with Crippen LogP contribution in [-0.4, -0.2) is 30.0 Å². The van der Waals surface area contributed by atoms with E-state index in [0.717, 1.165) is 28.6 Å². The molecule has 1 unspecified atom stereocenters. The van der Waals surface area contributed by atoms with Crippen LogP contribution in [0.2, 0.25) is 0 Å². The van der Waals surface area contributed by atoms with Gasteiger partial charge in [-0.25, -0.2) is 4.79 Å². The summed E-state index contributed by atoms with van der Waals surface area (Å²) in [5.74, 6) is 0.749. The number of esters is 1. The van der Waals surface area contributed by atoms with E-state index in [1.54, 1.807) is 17.8 Å². The minimum absolute atomic E-state index is 0.308. The summed E-state index contributed by atoms with van der Waals surface area (Å²) in [5.41, 5.74) is 2.57. The van der Waals surface area contributed by atoms with E-state index in [2.05, 4.69) is 12.2 Å². The number of methoxy groups -OCH3 is 1. The average molecular weight is 306 g/mol. The monoisotopic (exact) mass is 306 g/mol. The van der Waals surface area contributed by atoms with Gasteiger partial charge in [0.15, 0.2) is 5.17 Å². The first-order valence-corrected chi connectivity index (χ1v) is 8.29. The Bertz CT molecular complexity index is 543. The summed E-state index contributed by atoms with van der Waals surface area (Å²) in [5, 5.41) is 4.34. The Labute approximate surface area is 130 Å². The van der Waals surface area contributed by atoms with Crippen molar-refractivity contribution in [2.75, 3.05) is 18.2 Å². The smallest absolute Gasteiger partial charge is 0.337 e. The Morgan fingerprint density at radius 1 is 1.52 bits per heavy atom. The number of rotatable bonds is 5. The Morgan fingerprint density at radius 3 is 3.00 bits per heavy atom. The number of hydrogen-bond donors (Lipinski definition) is 1. The summed E-state index contributed by atoms with van der Waals surface area (Å²) >= 11 is 1.77. The third-order valence-electron chi connectivity index (χ3n) is 3.49. The van der Waals surface area contributed by atoms with Crippen molar-refractivity contribution in [1.82, 2.24) is 0 Å². The molecule has 1 aliphatic rings. The van der Waals surface area contributed by atoms with E-state index < -0.39 is 0 Å². The predicted molar refractivity (Wildman–Crippen MR) is 89.3 cm³/mol. The van der Waals surface area contributed by atoms with E-state index in [1.165, 1.54) is 20.0 Å². The first-order valence-electron chi connectivity index (χ1n) is 7.30. The zero-order chi connectivity index (χ0) is 15.2. The number of nitrogens with zero attached hydrogens (tertiary/aromatic N) is 1. The second-order valence-corrected chi connectivity index (χ2v) is 6.20. The lowest BCUT2D eigenvalue weighted by Crippen LogP contribution is -2.08. The number of thioether (sulfide) groups is 1. The van der Waals surface area contributed by atoms with Crippen LogP contribution in [0.25, 0.3) is 0 Å². The Kier molecular flexibility index (Phi) is 5.67. The van der Waals surface area contributed by atoms with Gasteiger partial charge in [0.05, 0.1) is 18.7 Å².